The number of nitrogens with one attached hydrogen (secondary N) is 1. The van der Waals surface area contributed by atoms with E-state index in [0.29, 0.717) is 0 Å². The number of carbonyl (C=O) groups is 2. The lowest BCUT2D eigenvalue weighted by Crippen LogP contribution is -2.19. The lowest BCUT2D eigenvalue weighted by atomic mass is 10.1. The van der Waals surface area contributed by atoms with Crippen LogP contribution in [-0.2, 0) is 19.1 Å². The zero-order valence-corrected chi connectivity index (χ0v) is 8.92. The van der Waals surface area contributed by atoms with E-state index in [1.807, 2.05) is 0 Å². The Morgan fingerprint density at radius 2 is 1.67 bits per heavy atom. The molecule has 0 spiro atoms. The van der Waals surface area contributed by atoms with Gasteiger partial charge in [-0.2, -0.15) is 0 Å². The lowest BCUT2D eigenvalue weighted by Gasteiger charge is -2.06. The lowest BCUT2D eigenvalue weighted by molar-refractivity contribution is -0.135. The summed E-state index contributed by atoms with van der Waals surface area (Å²) in [5, 5.41) is 7.41. The van der Waals surface area contributed by atoms with Crippen molar-refractivity contribution in [3.63, 3.8) is 0 Å². The zero-order chi connectivity index (χ0) is 12.0. The van der Waals surface area contributed by atoms with E-state index in [0.717, 1.165) is 7.11 Å². The van der Waals surface area contributed by atoms with Crippen molar-refractivity contribution in [1.82, 2.24) is 0 Å². The molecule has 0 bridgehead atoms. The van der Waals surface area contributed by atoms with Crippen LogP contribution in [0.1, 0.15) is 6.92 Å². The van der Waals surface area contributed by atoms with Crippen LogP contribution in [0.5, 0.6) is 0 Å². The summed E-state index contributed by atoms with van der Waals surface area (Å²) in [5.41, 5.74) is -0.144. The van der Waals surface area contributed by atoms with Crippen molar-refractivity contribution in [2.24, 2.45) is 0 Å². The molecule has 0 unspecified atom stereocenters. The molecule has 0 saturated heterocycles. The van der Waals surface area contributed by atoms with Gasteiger partial charge in [0.25, 0.3) is 0 Å². The van der Waals surface area contributed by atoms with Gasteiger partial charge in [-0.25, -0.2) is 9.59 Å². The molecule has 0 aromatic carbocycles. The molecule has 0 rings (SSSR count). The molecule has 0 radical (unpaired) electrons. The van der Waals surface area contributed by atoms with E-state index in [2.05, 4.69) is 16.1 Å². The molecule has 0 saturated carbocycles. The molecule has 15 heavy (non-hydrogen) atoms. The number of ether oxygens (including phenoxy) is 2. The Balaban J connectivity index is 5.21. The number of esters is 2. The maximum absolute atomic E-state index is 11.2. The third-order valence-electron chi connectivity index (χ3n) is 1.78. The number of hydrogen-bond acceptors (Lipinski definition) is 5. The van der Waals surface area contributed by atoms with Gasteiger partial charge in [0.1, 0.15) is 5.71 Å². The third-order valence-corrected chi connectivity index (χ3v) is 1.78. The number of carbonyl (C=O) groups excluding carboxylic acids is 2. The van der Waals surface area contributed by atoms with Gasteiger partial charge in [0, 0.05) is 0 Å². The van der Waals surface area contributed by atoms with E-state index in [-0.39, 0.29) is 11.1 Å². The van der Waals surface area contributed by atoms with E-state index in [4.69, 9.17) is 5.41 Å². The molecule has 0 aromatic heterocycles. The van der Waals surface area contributed by atoms with E-state index < -0.39 is 17.7 Å². The molecule has 5 nitrogen and oxygen atoms in total. The van der Waals surface area contributed by atoms with Crippen LogP contribution >= 0.6 is 0 Å². The normalized spacial score (nSPS) is 11.1. The van der Waals surface area contributed by atoms with Gasteiger partial charge in [-0.1, -0.05) is 12.7 Å². The van der Waals surface area contributed by atoms with Crippen LogP contribution in [0.15, 0.2) is 23.8 Å². The van der Waals surface area contributed by atoms with E-state index >= 15 is 0 Å². The van der Waals surface area contributed by atoms with Gasteiger partial charge in [-0.15, -0.1) is 0 Å². The second-order valence-electron chi connectivity index (χ2n) is 2.60. The molecular formula is C10H13NO4. The van der Waals surface area contributed by atoms with Gasteiger partial charge in [0.05, 0.1) is 19.8 Å². The van der Waals surface area contributed by atoms with E-state index in [1.54, 1.807) is 0 Å². The molecular weight excluding hydrogens is 198 g/mol. The molecule has 0 fully saturated rings. The van der Waals surface area contributed by atoms with Crippen LogP contribution in [0.3, 0.4) is 0 Å². The summed E-state index contributed by atoms with van der Waals surface area (Å²) in [4.78, 5) is 22.2. The van der Waals surface area contributed by atoms with Crippen LogP contribution < -0.4 is 0 Å². The van der Waals surface area contributed by atoms with Crippen molar-refractivity contribution in [2.75, 3.05) is 14.2 Å². The Bertz CT molecular complexity index is 341. The monoisotopic (exact) mass is 211 g/mol. The molecule has 5 heteroatoms. The molecule has 0 atom stereocenters. The topological polar surface area (TPSA) is 76.5 Å². The fraction of sp³-hybridized carbons (Fsp3) is 0.300. The van der Waals surface area contributed by atoms with Gasteiger partial charge >= 0.3 is 11.9 Å². The summed E-state index contributed by atoms with van der Waals surface area (Å²) in [5.74, 6) is -1.45. The Morgan fingerprint density at radius 3 is 2.00 bits per heavy atom. The number of hydrogen-bond donors (Lipinski definition) is 1. The van der Waals surface area contributed by atoms with Crippen molar-refractivity contribution in [3.05, 3.63) is 23.8 Å². The van der Waals surface area contributed by atoms with Crippen molar-refractivity contribution in [1.29, 1.82) is 5.41 Å². The van der Waals surface area contributed by atoms with Crippen molar-refractivity contribution in [3.8, 4) is 0 Å². The highest BCUT2D eigenvalue weighted by Gasteiger charge is 2.18. The number of methoxy groups -OCH3 is 2. The molecule has 82 valence electrons. The minimum absolute atomic E-state index is 0.0768. The maximum atomic E-state index is 11.2. The molecule has 0 amide bonds. The molecule has 0 aliphatic rings. The summed E-state index contributed by atoms with van der Waals surface area (Å²) < 4.78 is 8.83. The summed E-state index contributed by atoms with van der Waals surface area (Å²) in [6.07, 6.45) is 1.23. The molecule has 0 aliphatic carbocycles. The Morgan fingerprint density at radius 1 is 1.20 bits per heavy atom. The first-order chi connectivity index (χ1) is 6.99. The molecule has 0 aromatic rings. The van der Waals surface area contributed by atoms with Crippen molar-refractivity contribution < 1.29 is 19.1 Å². The van der Waals surface area contributed by atoms with Gasteiger partial charge < -0.3 is 9.47 Å². The fourth-order valence-electron chi connectivity index (χ4n) is 0.889. The van der Waals surface area contributed by atoms with Crippen LogP contribution in [0.4, 0.5) is 0 Å². The van der Waals surface area contributed by atoms with Crippen molar-refractivity contribution >= 4 is 17.7 Å². The van der Waals surface area contributed by atoms with Crippen LogP contribution in [0.2, 0.25) is 0 Å². The predicted octanol–water partition coefficient (Wildman–Crippen LogP) is 0.855. The minimum Gasteiger partial charge on any atom is -0.465 e. The average Bonchev–Trinajstić information content (AvgIpc) is 2.27. The summed E-state index contributed by atoms with van der Waals surface area (Å²) in [7, 11) is 2.37. The second-order valence-corrected chi connectivity index (χ2v) is 2.60. The Hall–Kier alpha value is -1.91. The average molecular weight is 211 g/mol. The predicted molar refractivity (Wildman–Crippen MR) is 54.7 cm³/mol. The van der Waals surface area contributed by atoms with Gasteiger partial charge in [-0.3, -0.25) is 5.41 Å². The van der Waals surface area contributed by atoms with Gasteiger partial charge in [0.2, 0.25) is 0 Å². The molecule has 1 N–H and O–H groups in total. The highest BCUT2D eigenvalue weighted by Crippen LogP contribution is 2.09. The third kappa shape index (κ3) is 3.05. The standard InChI is InChI=1S/C10H13NO4/c1-5-7(9(12)14-3)6(2)8(11)10(13)15-4/h5,11H,1H2,2-4H3. The van der Waals surface area contributed by atoms with E-state index in [1.165, 1.54) is 20.1 Å². The summed E-state index contributed by atoms with van der Waals surface area (Å²) in [6.45, 7) is 4.86. The largest absolute Gasteiger partial charge is 0.465 e. The van der Waals surface area contributed by atoms with Crippen LogP contribution in [-0.4, -0.2) is 31.9 Å². The first kappa shape index (κ1) is 13.1. The SMILES string of the molecule is C=CC(C(=O)OC)=C(C)C(=N)C(=O)OC. The van der Waals surface area contributed by atoms with Crippen LogP contribution in [0, 0.1) is 5.41 Å². The van der Waals surface area contributed by atoms with Gasteiger partial charge in [0.15, 0.2) is 0 Å². The van der Waals surface area contributed by atoms with Crippen molar-refractivity contribution in [2.45, 2.75) is 6.92 Å². The summed E-state index contributed by atoms with van der Waals surface area (Å²) in [6, 6.07) is 0. The first-order valence-electron chi connectivity index (χ1n) is 4.08. The maximum Gasteiger partial charge on any atom is 0.356 e. The Labute approximate surface area is 87.9 Å². The Kier molecular flexibility index (Phi) is 5.01. The highest BCUT2D eigenvalue weighted by molar-refractivity contribution is 6.42. The summed E-state index contributed by atoms with van der Waals surface area (Å²) >= 11 is 0. The number of rotatable bonds is 4. The quantitative estimate of drug-likeness (QED) is 0.324. The first-order valence-corrected chi connectivity index (χ1v) is 4.08. The minimum atomic E-state index is -0.809. The molecule has 0 heterocycles. The highest BCUT2D eigenvalue weighted by atomic mass is 16.5. The van der Waals surface area contributed by atoms with Crippen LogP contribution in [0.25, 0.3) is 0 Å². The van der Waals surface area contributed by atoms with Gasteiger partial charge in [-0.05, 0) is 12.5 Å². The molecule has 0 aliphatic heterocycles. The van der Waals surface area contributed by atoms with E-state index in [9.17, 15) is 9.59 Å². The fourth-order valence-corrected chi connectivity index (χ4v) is 0.889. The second kappa shape index (κ2) is 5.74. The smallest absolute Gasteiger partial charge is 0.356 e. The zero-order valence-electron chi connectivity index (χ0n) is 8.92.